The number of pyridine rings is 1. The Balaban J connectivity index is 2.26. The summed E-state index contributed by atoms with van der Waals surface area (Å²) >= 11 is 0. The van der Waals surface area contributed by atoms with E-state index in [9.17, 15) is 4.79 Å². The Morgan fingerprint density at radius 1 is 1.00 bits per heavy atom. The highest BCUT2D eigenvalue weighted by Gasteiger charge is 2.16. The number of hydrogen-bond acceptors (Lipinski definition) is 2. The van der Waals surface area contributed by atoms with Crippen molar-refractivity contribution >= 4 is 16.7 Å². The van der Waals surface area contributed by atoms with E-state index in [2.05, 4.69) is 17.1 Å². The third kappa shape index (κ3) is 2.57. The van der Waals surface area contributed by atoms with Crippen molar-refractivity contribution in [3.8, 4) is 0 Å². The van der Waals surface area contributed by atoms with Crippen molar-refractivity contribution in [3.63, 3.8) is 0 Å². The second kappa shape index (κ2) is 5.49. The molecule has 1 aromatic heterocycles. The van der Waals surface area contributed by atoms with E-state index in [1.165, 1.54) is 5.56 Å². The summed E-state index contributed by atoms with van der Waals surface area (Å²) in [5.74, 6) is 0.0803. The zero-order valence-electron chi connectivity index (χ0n) is 12.3. The van der Waals surface area contributed by atoms with Crippen LogP contribution in [0.4, 0.5) is 0 Å². The van der Waals surface area contributed by atoms with Gasteiger partial charge in [-0.05, 0) is 37.5 Å². The number of Topliss-reactive ketones (excluding diaryl/α,β-unsaturated/α-hetero) is 1. The normalized spacial score (nSPS) is 10.8. The summed E-state index contributed by atoms with van der Waals surface area (Å²) in [6.45, 7) is 3.53. The van der Waals surface area contributed by atoms with E-state index in [4.69, 9.17) is 0 Å². The van der Waals surface area contributed by atoms with Crippen LogP contribution < -0.4 is 0 Å². The van der Waals surface area contributed by atoms with E-state index in [-0.39, 0.29) is 5.78 Å². The molecule has 0 saturated carbocycles. The minimum Gasteiger partial charge on any atom is -0.294 e. The number of carbonyl (C=O) groups excluding carboxylic acids is 1. The van der Waals surface area contributed by atoms with Crippen LogP contribution in [-0.2, 0) is 6.42 Å². The molecule has 0 radical (unpaired) electrons. The zero-order chi connectivity index (χ0) is 14.8. The molecule has 0 spiro atoms. The number of fused-ring (bicyclic) bond motifs is 1. The number of carbonyl (C=O) groups is 1. The van der Waals surface area contributed by atoms with Gasteiger partial charge in [0.25, 0.3) is 0 Å². The monoisotopic (exact) mass is 275 g/mol. The summed E-state index contributed by atoms with van der Waals surface area (Å²) in [6.07, 6.45) is 0.750. The van der Waals surface area contributed by atoms with Crippen molar-refractivity contribution in [2.45, 2.75) is 20.3 Å². The van der Waals surface area contributed by atoms with Crippen LogP contribution in [0.2, 0.25) is 0 Å². The topological polar surface area (TPSA) is 30.0 Å². The maximum atomic E-state index is 12.1. The van der Waals surface area contributed by atoms with Crippen LogP contribution in [0.25, 0.3) is 10.9 Å². The van der Waals surface area contributed by atoms with Gasteiger partial charge in [0.1, 0.15) is 0 Å². The Morgan fingerprint density at radius 2 is 1.67 bits per heavy atom. The van der Waals surface area contributed by atoms with Crippen LogP contribution in [0.3, 0.4) is 0 Å². The molecule has 0 N–H and O–H groups in total. The minimum atomic E-state index is 0.0803. The number of nitrogens with zero attached hydrogens (tertiary/aromatic N) is 1. The van der Waals surface area contributed by atoms with Gasteiger partial charge in [0.2, 0.25) is 0 Å². The van der Waals surface area contributed by atoms with Gasteiger partial charge in [-0.25, -0.2) is 0 Å². The first-order valence-electron chi connectivity index (χ1n) is 7.10. The molecule has 0 atom stereocenters. The standard InChI is InChI=1S/C19H17NO/c1-13-19(14(2)21)17(12-15-8-4-3-5-9-15)16-10-6-7-11-18(16)20-13/h3-11H,12H2,1-2H3. The van der Waals surface area contributed by atoms with Gasteiger partial charge >= 0.3 is 0 Å². The molecule has 2 nitrogen and oxygen atoms in total. The first-order chi connectivity index (χ1) is 10.2. The third-order valence-corrected chi connectivity index (χ3v) is 3.76. The number of hydrogen-bond donors (Lipinski definition) is 0. The highest BCUT2D eigenvalue weighted by molar-refractivity contribution is 6.01. The number of benzene rings is 2. The van der Waals surface area contributed by atoms with Crippen LogP contribution in [0.15, 0.2) is 54.6 Å². The Hall–Kier alpha value is -2.48. The SMILES string of the molecule is CC(=O)c1c(C)nc2ccccc2c1Cc1ccccc1. The number of para-hydroxylation sites is 1. The fourth-order valence-corrected chi connectivity index (χ4v) is 2.87. The van der Waals surface area contributed by atoms with Crippen molar-refractivity contribution in [1.82, 2.24) is 4.98 Å². The first-order valence-corrected chi connectivity index (χ1v) is 7.10. The molecule has 3 rings (SSSR count). The van der Waals surface area contributed by atoms with E-state index in [1.54, 1.807) is 6.92 Å². The lowest BCUT2D eigenvalue weighted by atomic mass is 9.93. The maximum Gasteiger partial charge on any atom is 0.161 e. The van der Waals surface area contributed by atoms with Crippen LogP contribution in [0.1, 0.15) is 34.1 Å². The van der Waals surface area contributed by atoms with Gasteiger partial charge < -0.3 is 0 Å². The summed E-state index contributed by atoms with van der Waals surface area (Å²) in [4.78, 5) is 16.7. The number of aromatic nitrogens is 1. The van der Waals surface area contributed by atoms with Crippen molar-refractivity contribution < 1.29 is 4.79 Å². The van der Waals surface area contributed by atoms with Crippen molar-refractivity contribution in [2.75, 3.05) is 0 Å². The molecular formula is C19H17NO. The Bertz CT molecular complexity index is 806. The highest BCUT2D eigenvalue weighted by Crippen LogP contribution is 2.26. The Kier molecular flexibility index (Phi) is 3.53. The maximum absolute atomic E-state index is 12.1. The predicted molar refractivity (Wildman–Crippen MR) is 85.7 cm³/mol. The summed E-state index contributed by atoms with van der Waals surface area (Å²) in [5, 5.41) is 1.07. The van der Waals surface area contributed by atoms with Crippen molar-refractivity contribution in [3.05, 3.63) is 77.0 Å². The molecule has 0 aliphatic carbocycles. The third-order valence-electron chi connectivity index (χ3n) is 3.76. The predicted octanol–water partition coefficient (Wildman–Crippen LogP) is 4.34. The smallest absolute Gasteiger partial charge is 0.161 e. The van der Waals surface area contributed by atoms with E-state index >= 15 is 0 Å². The number of aryl methyl sites for hydroxylation is 1. The van der Waals surface area contributed by atoms with Gasteiger partial charge in [-0.2, -0.15) is 0 Å². The summed E-state index contributed by atoms with van der Waals surface area (Å²) in [6, 6.07) is 18.3. The molecule has 104 valence electrons. The molecule has 21 heavy (non-hydrogen) atoms. The number of ketones is 1. The molecule has 0 aliphatic heterocycles. The van der Waals surface area contributed by atoms with Crippen molar-refractivity contribution in [1.29, 1.82) is 0 Å². The van der Waals surface area contributed by atoms with Crippen LogP contribution in [0.5, 0.6) is 0 Å². The fraction of sp³-hybridized carbons (Fsp3) is 0.158. The van der Waals surface area contributed by atoms with Crippen LogP contribution >= 0.6 is 0 Å². The molecule has 1 heterocycles. The first kappa shape index (κ1) is 13.5. The summed E-state index contributed by atoms with van der Waals surface area (Å²) < 4.78 is 0. The second-order valence-electron chi connectivity index (χ2n) is 5.29. The zero-order valence-corrected chi connectivity index (χ0v) is 12.3. The Morgan fingerprint density at radius 3 is 2.38 bits per heavy atom. The molecule has 2 aromatic carbocycles. The minimum absolute atomic E-state index is 0.0803. The fourth-order valence-electron chi connectivity index (χ4n) is 2.87. The summed E-state index contributed by atoms with van der Waals surface area (Å²) in [7, 11) is 0. The van der Waals surface area contributed by atoms with Gasteiger partial charge in [0, 0.05) is 16.6 Å². The Labute approximate surface area is 124 Å². The largest absolute Gasteiger partial charge is 0.294 e. The summed E-state index contributed by atoms with van der Waals surface area (Å²) in [5.41, 5.74) is 4.81. The van der Waals surface area contributed by atoms with E-state index in [1.807, 2.05) is 49.4 Å². The lowest BCUT2D eigenvalue weighted by molar-refractivity contribution is 0.101. The average Bonchev–Trinajstić information content (AvgIpc) is 2.47. The lowest BCUT2D eigenvalue weighted by Crippen LogP contribution is -2.07. The molecule has 2 heteroatoms. The number of rotatable bonds is 3. The second-order valence-corrected chi connectivity index (χ2v) is 5.29. The molecule has 0 saturated heterocycles. The van der Waals surface area contributed by atoms with E-state index in [0.29, 0.717) is 0 Å². The molecule has 0 bridgehead atoms. The molecule has 0 aliphatic rings. The lowest BCUT2D eigenvalue weighted by Gasteiger charge is -2.13. The quantitative estimate of drug-likeness (QED) is 0.666. The van der Waals surface area contributed by atoms with E-state index in [0.717, 1.165) is 34.1 Å². The molecule has 0 fully saturated rings. The van der Waals surface area contributed by atoms with Gasteiger partial charge in [0.05, 0.1) is 5.52 Å². The van der Waals surface area contributed by atoms with Gasteiger partial charge in [-0.1, -0.05) is 48.5 Å². The van der Waals surface area contributed by atoms with Gasteiger partial charge in [-0.3, -0.25) is 9.78 Å². The average molecular weight is 275 g/mol. The molecule has 0 amide bonds. The molecule has 3 aromatic rings. The van der Waals surface area contributed by atoms with Gasteiger partial charge in [0.15, 0.2) is 5.78 Å². The van der Waals surface area contributed by atoms with Gasteiger partial charge in [-0.15, -0.1) is 0 Å². The van der Waals surface area contributed by atoms with Crippen LogP contribution in [-0.4, -0.2) is 10.8 Å². The van der Waals surface area contributed by atoms with E-state index < -0.39 is 0 Å². The molecule has 0 unspecified atom stereocenters. The molecular weight excluding hydrogens is 258 g/mol. The highest BCUT2D eigenvalue weighted by atomic mass is 16.1. The van der Waals surface area contributed by atoms with Crippen molar-refractivity contribution in [2.24, 2.45) is 0 Å². The van der Waals surface area contributed by atoms with Crippen LogP contribution in [0, 0.1) is 6.92 Å².